The molecule has 0 radical (unpaired) electrons. The smallest absolute Gasteiger partial charge is 0.338 e. The van der Waals surface area contributed by atoms with Gasteiger partial charge in [-0.2, -0.15) is 26.3 Å². The van der Waals surface area contributed by atoms with Crippen LogP contribution in [0.5, 0.6) is 0 Å². The van der Waals surface area contributed by atoms with Crippen molar-refractivity contribution in [2.24, 2.45) is 0 Å². The van der Waals surface area contributed by atoms with Crippen molar-refractivity contribution in [2.45, 2.75) is 18.8 Å². The lowest BCUT2D eigenvalue weighted by Gasteiger charge is -2.10. The van der Waals surface area contributed by atoms with Crippen molar-refractivity contribution in [1.82, 2.24) is 10.6 Å². The molecule has 0 atom stereocenters. The Morgan fingerprint density at radius 1 is 0.933 bits per heavy atom. The van der Waals surface area contributed by atoms with Crippen molar-refractivity contribution in [2.75, 3.05) is 13.1 Å². The van der Waals surface area contributed by atoms with Gasteiger partial charge >= 0.3 is 18.4 Å². The molecule has 0 aromatic heterocycles. The minimum Gasteiger partial charge on any atom is -0.338 e. The van der Waals surface area contributed by atoms with Crippen LogP contribution in [0.3, 0.4) is 0 Å². The molecule has 0 saturated carbocycles. The number of hydrogen-bond donors (Lipinski definition) is 2. The van der Waals surface area contributed by atoms with Crippen molar-refractivity contribution in [3.63, 3.8) is 0 Å². The summed E-state index contributed by atoms with van der Waals surface area (Å²) >= 11 is 0. The summed E-state index contributed by atoms with van der Waals surface area (Å²) in [6.07, 6.45) is -10.3. The topological polar surface area (TPSA) is 41.1 Å². The first-order valence-corrected chi connectivity index (χ1v) is 3.75. The van der Waals surface area contributed by atoms with Crippen molar-refractivity contribution in [1.29, 1.82) is 0 Å². The molecule has 90 valence electrons. The summed E-state index contributed by atoms with van der Waals surface area (Å²) in [4.78, 5) is 10.5. The maximum absolute atomic E-state index is 11.5. The van der Waals surface area contributed by atoms with Gasteiger partial charge in [0.2, 0.25) is 0 Å². The van der Waals surface area contributed by atoms with Crippen LogP contribution in [0.15, 0.2) is 0 Å². The third-order valence-electron chi connectivity index (χ3n) is 1.14. The van der Waals surface area contributed by atoms with Gasteiger partial charge in [0, 0.05) is 6.54 Å². The van der Waals surface area contributed by atoms with Crippen LogP contribution in [0, 0.1) is 0 Å². The van der Waals surface area contributed by atoms with Gasteiger partial charge in [-0.05, 0) is 0 Å². The third-order valence-corrected chi connectivity index (χ3v) is 1.14. The maximum Gasteiger partial charge on any atom is 0.405 e. The van der Waals surface area contributed by atoms with Crippen molar-refractivity contribution >= 4 is 6.03 Å². The van der Waals surface area contributed by atoms with Crippen LogP contribution in [0.25, 0.3) is 0 Å². The molecule has 0 aliphatic rings. The van der Waals surface area contributed by atoms with E-state index in [4.69, 9.17) is 0 Å². The number of nitrogens with one attached hydrogen (secondary N) is 2. The summed E-state index contributed by atoms with van der Waals surface area (Å²) in [6, 6.07) is -1.28. The Morgan fingerprint density at radius 2 is 1.47 bits per heavy atom. The van der Waals surface area contributed by atoms with E-state index in [1.54, 1.807) is 5.32 Å². The van der Waals surface area contributed by atoms with Crippen molar-refractivity contribution < 1.29 is 31.1 Å². The monoisotopic (exact) mass is 238 g/mol. The van der Waals surface area contributed by atoms with E-state index in [0.717, 1.165) is 0 Å². The average molecular weight is 238 g/mol. The molecular weight excluding hydrogens is 230 g/mol. The fraction of sp³-hybridized carbons (Fsp3) is 0.833. The lowest BCUT2D eigenvalue weighted by molar-refractivity contribution is -0.133. The Morgan fingerprint density at radius 3 is 1.87 bits per heavy atom. The summed E-state index contributed by atoms with van der Waals surface area (Å²) in [6.45, 7) is -2.34. The molecule has 0 bridgehead atoms. The molecule has 0 saturated heterocycles. The highest BCUT2D eigenvalue weighted by atomic mass is 19.4. The molecule has 2 amide bonds. The van der Waals surface area contributed by atoms with Gasteiger partial charge in [-0.15, -0.1) is 0 Å². The highest BCUT2D eigenvalue weighted by Crippen LogP contribution is 2.18. The molecule has 0 spiro atoms. The lowest BCUT2D eigenvalue weighted by atomic mass is 10.4. The van der Waals surface area contributed by atoms with E-state index in [-0.39, 0.29) is 0 Å². The molecule has 0 fully saturated rings. The highest BCUT2D eigenvalue weighted by Gasteiger charge is 2.28. The average Bonchev–Trinajstić information content (AvgIpc) is 1.97. The fourth-order valence-corrected chi connectivity index (χ4v) is 0.561. The van der Waals surface area contributed by atoms with Gasteiger partial charge in [0.15, 0.2) is 0 Å². The highest BCUT2D eigenvalue weighted by molar-refractivity contribution is 5.73. The summed E-state index contributed by atoms with van der Waals surface area (Å²) in [7, 11) is 0. The van der Waals surface area contributed by atoms with Crippen LogP contribution < -0.4 is 10.6 Å². The zero-order valence-corrected chi connectivity index (χ0v) is 7.30. The van der Waals surface area contributed by atoms with E-state index in [1.165, 1.54) is 5.32 Å². The molecule has 15 heavy (non-hydrogen) atoms. The molecule has 0 aromatic carbocycles. The molecule has 3 nitrogen and oxygen atoms in total. The van der Waals surface area contributed by atoms with E-state index >= 15 is 0 Å². The van der Waals surface area contributed by atoms with Gasteiger partial charge in [0.25, 0.3) is 0 Å². The van der Waals surface area contributed by atoms with Crippen LogP contribution in [-0.4, -0.2) is 31.5 Å². The normalized spacial score (nSPS) is 12.4. The van der Waals surface area contributed by atoms with Gasteiger partial charge in [0.1, 0.15) is 6.54 Å². The quantitative estimate of drug-likeness (QED) is 0.723. The fourth-order valence-electron chi connectivity index (χ4n) is 0.561. The standard InChI is InChI=1S/C6H8F6N2O/c7-5(8,9)1-2-13-4(15)14-3-6(10,11)12/h1-3H2,(H2,13,14,15). The van der Waals surface area contributed by atoms with Crippen LogP contribution in [-0.2, 0) is 0 Å². The Bertz CT molecular complexity index is 211. The predicted molar refractivity (Wildman–Crippen MR) is 38.1 cm³/mol. The Kier molecular flexibility index (Phi) is 4.69. The zero-order valence-electron chi connectivity index (χ0n) is 7.30. The van der Waals surface area contributed by atoms with Crippen LogP contribution >= 0.6 is 0 Å². The summed E-state index contributed by atoms with van der Waals surface area (Å²) in [5.41, 5.74) is 0. The number of carbonyl (C=O) groups is 1. The zero-order chi connectivity index (χ0) is 12.1. The second-order valence-corrected chi connectivity index (χ2v) is 2.59. The van der Waals surface area contributed by atoms with Gasteiger partial charge in [-0.3, -0.25) is 0 Å². The Hall–Kier alpha value is -1.15. The van der Waals surface area contributed by atoms with E-state index in [2.05, 4.69) is 0 Å². The first-order chi connectivity index (χ1) is 6.60. The minimum atomic E-state index is -4.58. The van der Waals surface area contributed by atoms with Gasteiger partial charge in [-0.25, -0.2) is 4.79 Å². The molecule has 0 rings (SSSR count). The van der Waals surface area contributed by atoms with Gasteiger partial charge in [-0.1, -0.05) is 0 Å². The van der Waals surface area contributed by atoms with Crippen LogP contribution in [0.2, 0.25) is 0 Å². The summed E-state index contributed by atoms with van der Waals surface area (Å²) in [5, 5.41) is 3.01. The Labute approximate surface area is 80.8 Å². The lowest BCUT2D eigenvalue weighted by Crippen LogP contribution is -2.41. The molecule has 9 heteroatoms. The van der Waals surface area contributed by atoms with E-state index in [0.29, 0.717) is 0 Å². The SMILES string of the molecule is O=C(NCCC(F)(F)F)NCC(F)(F)F. The number of halogens is 6. The second-order valence-electron chi connectivity index (χ2n) is 2.59. The van der Waals surface area contributed by atoms with Gasteiger partial charge < -0.3 is 10.6 Å². The molecule has 0 aliphatic carbocycles. The minimum absolute atomic E-state index is 0.757. The molecule has 0 aromatic rings. The van der Waals surface area contributed by atoms with Crippen LogP contribution in [0.1, 0.15) is 6.42 Å². The predicted octanol–water partition coefficient (Wildman–Crippen LogP) is 1.80. The summed E-state index contributed by atoms with van der Waals surface area (Å²) in [5.74, 6) is 0. The van der Waals surface area contributed by atoms with Crippen LogP contribution in [0.4, 0.5) is 31.1 Å². The Balaban J connectivity index is 3.60. The van der Waals surface area contributed by atoms with Crippen molar-refractivity contribution in [3.05, 3.63) is 0 Å². The largest absolute Gasteiger partial charge is 0.405 e. The maximum atomic E-state index is 11.5. The van der Waals surface area contributed by atoms with E-state index < -0.39 is 37.9 Å². The first kappa shape index (κ1) is 13.8. The number of amides is 2. The number of rotatable bonds is 3. The molecule has 0 aliphatic heterocycles. The second kappa shape index (κ2) is 5.08. The molecule has 0 heterocycles. The third kappa shape index (κ3) is 10.8. The number of urea groups is 1. The molecular formula is C6H8F6N2O. The van der Waals surface area contributed by atoms with Gasteiger partial charge in [0.05, 0.1) is 6.42 Å². The number of alkyl halides is 6. The first-order valence-electron chi connectivity index (χ1n) is 3.75. The summed E-state index contributed by atoms with van der Waals surface area (Å²) < 4.78 is 69.1. The van der Waals surface area contributed by atoms with E-state index in [1.807, 2.05) is 0 Å². The van der Waals surface area contributed by atoms with Crippen molar-refractivity contribution in [3.8, 4) is 0 Å². The molecule has 0 unspecified atom stereocenters. The molecule has 2 N–H and O–H groups in total. The number of hydrogen-bond acceptors (Lipinski definition) is 1. The van der Waals surface area contributed by atoms with E-state index in [9.17, 15) is 31.1 Å². The number of carbonyl (C=O) groups excluding carboxylic acids is 1.